The van der Waals surface area contributed by atoms with Crippen molar-refractivity contribution in [3.63, 3.8) is 0 Å². The second kappa shape index (κ2) is 3.59. The zero-order valence-electron chi connectivity index (χ0n) is 10.2. The quantitative estimate of drug-likeness (QED) is 0.854. The van der Waals surface area contributed by atoms with Crippen molar-refractivity contribution in [3.8, 4) is 0 Å². The minimum atomic E-state index is -0.169. The van der Waals surface area contributed by atoms with Crippen molar-refractivity contribution < 1.29 is 9.84 Å². The largest absolute Gasteiger partial charge is 0.395 e. The van der Waals surface area contributed by atoms with Crippen molar-refractivity contribution in [2.75, 3.05) is 19.8 Å². The van der Waals surface area contributed by atoms with Gasteiger partial charge in [0.05, 0.1) is 25.2 Å². The first-order valence-electron chi connectivity index (χ1n) is 5.91. The van der Waals surface area contributed by atoms with E-state index in [9.17, 15) is 5.11 Å². The van der Waals surface area contributed by atoms with Crippen molar-refractivity contribution in [3.05, 3.63) is 35.5 Å². The van der Waals surface area contributed by atoms with Crippen LogP contribution in [0.4, 0.5) is 0 Å². The van der Waals surface area contributed by atoms with Crippen LogP contribution in [0.25, 0.3) is 10.9 Å². The molecule has 0 unspecified atom stereocenters. The van der Waals surface area contributed by atoms with Crippen molar-refractivity contribution >= 4 is 10.9 Å². The summed E-state index contributed by atoms with van der Waals surface area (Å²) in [4.78, 5) is 0. The summed E-state index contributed by atoms with van der Waals surface area (Å²) in [6.07, 6.45) is 0. The predicted octanol–water partition coefficient (Wildman–Crippen LogP) is 1.75. The van der Waals surface area contributed by atoms with Gasteiger partial charge in [-0.15, -0.1) is 0 Å². The van der Waals surface area contributed by atoms with Gasteiger partial charge in [0.1, 0.15) is 0 Å². The maximum absolute atomic E-state index is 9.54. The van der Waals surface area contributed by atoms with Crippen molar-refractivity contribution in [2.24, 2.45) is 7.05 Å². The molecule has 17 heavy (non-hydrogen) atoms. The highest BCUT2D eigenvalue weighted by molar-refractivity contribution is 5.82. The number of hydrogen-bond acceptors (Lipinski definition) is 2. The highest BCUT2D eigenvalue weighted by atomic mass is 16.5. The van der Waals surface area contributed by atoms with E-state index in [4.69, 9.17) is 4.74 Å². The zero-order chi connectivity index (χ0) is 12.0. The molecular weight excluding hydrogens is 214 g/mol. The minimum Gasteiger partial charge on any atom is -0.395 e. The van der Waals surface area contributed by atoms with E-state index in [1.807, 2.05) is 0 Å². The summed E-state index contributed by atoms with van der Waals surface area (Å²) < 4.78 is 7.44. The summed E-state index contributed by atoms with van der Waals surface area (Å²) >= 11 is 0. The number of aryl methyl sites for hydroxylation is 2. The average Bonchev–Trinajstić information content (AvgIpc) is 2.54. The number of aliphatic hydroxyl groups is 1. The van der Waals surface area contributed by atoms with Crippen LogP contribution in [0.1, 0.15) is 11.3 Å². The molecule has 1 aromatic carbocycles. The fourth-order valence-corrected chi connectivity index (χ4v) is 2.52. The zero-order valence-corrected chi connectivity index (χ0v) is 10.2. The van der Waals surface area contributed by atoms with Gasteiger partial charge < -0.3 is 14.4 Å². The molecule has 1 N–H and O–H groups in total. The number of aromatic nitrogens is 1. The summed E-state index contributed by atoms with van der Waals surface area (Å²) in [5, 5.41) is 10.8. The first-order chi connectivity index (χ1) is 8.16. The van der Waals surface area contributed by atoms with Gasteiger partial charge in [-0.1, -0.05) is 6.07 Å². The van der Waals surface area contributed by atoms with E-state index in [1.54, 1.807) is 0 Å². The molecular formula is C14H17NO2. The number of nitrogens with zero attached hydrogens (tertiary/aromatic N) is 1. The molecule has 0 amide bonds. The van der Waals surface area contributed by atoms with Gasteiger partial charge in [0, 0.05) is 23.6 Å². The van der Waals surface area contributed by atoms with E-state index in [0.29, 0.717) is 13.2 Å². The van der Waals surface area contributed by atoms with E-state index in [2.05, 4.69) is 42.8 Å². The topological polar surface area (TPSA) is 34.4 Å². The molecule has 0 bridgehead atoms. The highest BCUT2D eigenvalue weighted by Gasteiger charge is 2.39. The van der Waals surface area contributed by atoms with Crippen LogP contribution in [-0.4, -0.2) is 29.5 Å². The third-order valence-corrected chi connectivity index (χ3v) is 3.95. The van der Waals surface area contributed by atoms with E-state index >= 15 is 0 Å². The molecule has 0 saturated carbocycles. The second-order valence-corrected chi connectivity index (χ2v) is 5.05. The fourth-order valence-electron chi connectivity index (χ4n) is 2.52. The SMILES string of the molecule is Cc1cc2cc(C3(CO)COC3)ccc2n1C. The minimum absolute atomic E-state index is 0.157. The Kier molecular flexibility index (Phi) is 2.28. The Labute approximate surface area is 101 Å². The van der Waals surface area contributed by atoms with Crippen molar-refractivity contribution in [2.45, 2.75) is 12.3 Å². The number of aliphatic hydroxyl groups excluding tert-OH is 1. The highest BCUT2D eigenvalue weighted by Crippen LogP contribution is 2.34. The van der Waals surface area contributed by atoms with E-state index in [-0.39, 0.29) is 12.0 Å². The molecule has 1 aromatic heterocycles. The summed E-state index contributed by atoms with van der Waals surface area (Å²) in [6.45, 7) is 3.51. The van der Waals surface area contributed by atoms with E-state index in [0.717, 1.165) is 0 Å². The van der Waals surface area contributed by atoms with Crippen LogP contribution < -0.4 is 0 Å². The Morgan fingerprint density at radius 1 is 1.35 bits per heavy atom. The maximum Gasteiger partial charge on any atom is 0.0651 e. The van der Waals surface area contributed by atoms with Crippen LogP contribution in [0.15, 0.2) is 24.3 Å². The lowest BCUT2D eigenvalue weighted by atomic mass is 9.79. The van der Waals surface area contributed by atoms with Gasteiger partial charge in [0.25, 0.3) is 0 Å². The van der Waals surface area contributed by atoms with Crippen LogP contribution >= 0.6 is 0 Å². The average molecular weight is 231 g/mol. The lowest BCUT2D eigenvalue weighted by molar-refractivity contribution is -0.0841. The third kappa shape index (κ3) is 1.43. The first kappa shape index (κ1) is 10.8. The summed E-state index contributed by atoms with van der Waals surface area (Å²) in [6, 6.07) is 8.61. The number of fused-ring (bicyclic) bond motifs is 1. The molecule has 0 spiro atoms. The van der Waals surface area contributed by atoms with Crippen molar-refractivity contribution in [1.82, 2.24) is 4.57 Å². The van der Waals surface area contributed by atoms with Crippen LogP contribution in [0.5, 0.6) is 0 Å². The maximum atomic E-state index is 9.54. The molecule has 0 aliphatic carbocycles. The number of ether oxygens (including phenoxy) is 1. The van der Waals surface area contributed by atoms with Gasteiger partial charge in [-0.25, -0.2) is 0 Å². The molecule has 1 aliphatic rings. The Hall–Kier alpha value is -1.32. The Morgan fingerprint density at radius 3 is 2.71 bits per heavy atom. The molecule has 2 aromatic rings. The van der Waals surface area contributed by atoms with Gasteiger partial charge in [-0.05, 0) is 30.7 Å². The molecule has 2 heterocycles. The Balaban J connectivity index is 2.13. The molecule has 0 atom stereocenters. The first-order valence-corrected chi connectivity index (χ1v) is 5.91. The van der Waals surface area contributed by atoms with Crippen LogP contribution in [0, 0.1) is 6.92 Å². The molecule has 90 valence electrons. The lowest BCUT2D eigenvalue weighted by Gasteiger charge is -2.40. The Morgan fingerprint density at radius 2 is 2.12 bits per heavy atom. The smallest absolute Gasteiger partial charge is 0.0651 e. The van der Waals surface area contributed by atoms with Gasteiger partial charge in [-0.3, -0.25) is 0 Å². The van der Waals surface area contributed by atoms with Gasteiger partial charge >= 0.3 is 0 Å². The van der Waals surface area contributed by atoms with Gasteiger partial charge in [-0.2, -0.15) is 0 Å². The molecule has 1 fully saturated rings. The lowest BCUT2D eigenvalue weighted by Crippen LogP contribution is -2.49. The Bertz CT molecular complexity index is 561. The monoisotopic (exact) mass is 231 g/mol. The standard InChI is InChI=1S/C14H17NO2/c1-10-5-11-6-12(3-4-13(11)15(10)2)14(7-16)8-17-9-14/h3-6,16H,7-9H2,1-2H3. The van der Waals surface area contributed by atoms with E-state index < -0.39 is 0 Å². The summed E-state index contributed by atoms with van der Waals surface area (Å²) in [5.41, 5.74) is 3.50. The molecule has 0 radical (unpaired) electrons. The summed E-state index contributed by atoms with van der Waals surface area (Å²) in [5.74, 6) is 0. The van der Waals surface area contributed by atoms with E-state index in [1.165, 1.54) is 22.2 Å². The van der Waals surface area contributed by atoms with Crippen LogP contribution in [-0.2, 0) is 17.2 Å². The number of rotatable bonds is 2. The molecule has 3 rings (SSSR count). The molecule has 1 aliphatic heterocycles. The molecule has 3 heteroatoms. The fraction of sp³-hybridized carbons (Fsp3) is 0.429. The number of benzene rings is 1. The van der Waals surface area contributed by atoms with Crippen molar-refractivity contribution in [1.29, 1.82) is 0 Å². The third-order valence-electron chi connectivity index (χ3n) is 3.95. The molecule has 3 nitrogen and oxygen atoms in total. The predicted molar refractivity (Wildman–Crippen MR) is 67.2 cm³/mol. The second-order valence-electron chi connectivity index (χ2n) is 5.05. The van der Waals surface area contributed by atoms with Gasteiger partial charge in [0.15, 0.2) is 0 Å². The van der Waals surface area contributed by atoms with Crippen LogP contribution in [0.2, 0.25) is 0 Å². The summed E-state index contributed by atoms with van der Waals surface area (Å²) in [7, 11) is 2.08. The molecule has 1 saturated heterocycles. The number of hydrogen-bond donors (Lipinski definition) is 1. The van der Waals surface area contributed by atoms with Crippen LogP contribution in [0.3, 0.4) is 0 Å². The normalized spacial score (nSPS) is 18.3. The van der Waals surface area contributed by atoms with Gasteiger partial charge in [0.2, 0.25) is 0 Å².